The summed E-state index contributed by atoms with van der Waals surface area (Å²) in [5.41, 5.74) is -0.0668. The lowest BCUT2D eigenvalue weighted by Crippen LogP contribution is -2.09. The number of ether oxygens (including phenoxy) is 1. The van der Waals surface area contributed by atoms with Crippen LogP contribution in [0, 0.1) is 0 Å². The molecule has 0 aliphatic carbocycles. The van der Waals surface area contributed by atoms with Crippen LogP contribution >= 0.6 is 0 Å². The van der Waals surface area contributed by atoms with E-state index in [1.54, 1.807) is 0 Å². The molecule has 0 bridgehead atoms. The summed E-state index contributed by atoms with van der Waals surface area (Å²) in [4.78, 5) is 18.4. The molecular weight excluding hydrogens is 196 g/mol. The predicted molar refractivity (Wildman–Crippen MR) is 52.4 cm³/mol. The van der Waals surface area contributed by atoms with Crippen molar-refractivity contribution in [2.45, 2.75) is 6.42 Å². The largest absolute Gasteiger partial charge is 0.477 e. The van der Waals surface area contributed by atoms with E-state index >= 15 is 0 Å². The van der Waals surface area contributed by atoms with E-state index in [1.165, 1.54) is 12.3 Å². The van der Waals surface area contributed by atoms with Crippen LogP contribution in [0.25, 0.3) is 5.57 Å². The maximum Gasteiger partial charge on any atom is 0.354 e. The summed E-state index contributed by atoms with van der Waals surface area (Å²) in [6.45, 7) is -4.49. The molecule has 2 heterocycles. The van der Waals surface area contributed by atoms with Gasteiger partial charge in [0.25, 0.3) is 0 Å². The van der Waals surface area contributed by atoms with Gasteiger partial charge < -0.3 is 9.84 Å². The highest BCUT2D eigenvalue weighted by molar-refractivity contribution is 5.85. The monoisotopic (exact) mass is 210 g/mol. The fourth-order valence-corrected chi connectivity index (χ4v) is 1.08. The summed E-state index contributed by atoms with van der Waals surface area (Å²) in [5, 5.41) is 8.83. The van der Waals surface area contributed by atoms with Crippen molar-refractivity contribution in [3.63, 3.8) is 0 Å². The number of rotatable bonds is 2. The van der Waals surface area contributed by atoms with Crippen molar-refractivity contribution in [2.75, 3.05) is 13.1 Å². The van der Waals surface area contributed by atoms with Gasteiger partial charge >= 0.3 is 5.97 Å². The van der Waals surface area contributed by atoms with Crippen LogP contribution in [-0.4, -0.2) is 34.2 Å². The molecule has 0 atom stereocenters. The second kappa shape index (κ2) is 4.18. The molecule has 1 aromatic heterocycles. The summed E-state index contributed by atoms with van der Waals surface area (Å²) >= 11 is 0. The van der Waals surface area contributed by atoms with Gasteiger partial charge in [0.2, 0.25) is 0 Å². The zero-order valence-electron chi connectivity index (χ0n) is 11.6. The predicted octanol–water partition coefficient (Wildman–Crippen LogP) is 0.978. The zero-order chi connectivity index (χ0) is 14.3. The normalized spacial score (nSPS) is 26.5. The van der Waals surface area contributed by atoms with Crippen molar-refractivity contribution in [1.82, 2.24) is 9.97 Å². The fourth-order valence-electron chi connectivity index (χ4n) is 1.08. The standard InChI is InChI=1S/C10H10N2O3/c13-10(14)8-1-4-11-9(12-8)7-2-5-15-6-3-7/h1-2,4H,3,5-6H2,(H,13,14)/i5D2,6D2. The average Bonchev–Trinajstić information content (AvgIpc) is 2.25. The quantitative estimate of drug-likeness (QED) is 0.787. The molecule has 0 radical (unpaired) electrons. The van der Waals surface area contributed by atoms with E-state index in [9.17, 15) is 4.79 Å². The number of carbonyl (C=O) groups is 1. The molecule has 1 aromatic rings. The van der Waals surface area contributed by atoms with E-state index < -0.39 is 19.1 Å². The first-order valence-electron chi connectivity index (χ1n) is 6.17. The summed E-state index contributed by atoms with van der Waals surface area (Å²) in [7, 11) is 0. The molecule has 0 fully saturated rings. The minimum absolute atomic E-state index is 0.0176. The zero-order valence-corrected chi connectivity index (χ0v) is 7.60. The van der Waals surface area contributed by atoms with Crippen molar-refractivity contribution >= 4 is 11.5 Å². The van der Waals surface area contributed by atoms with Crippen LogP contribution in [-0.2, 0) is 4.74 Å². The molecule has 0 saturated heterocycles. The Morgan fingerprint density at radius 2 is 2.53 bits per heavy atom. The van der Waals surface area contributed by atoms with E-state index in [2.05, 4.69) is 14.7 Å². The van der Waals surface area contributed by atoms with Gasteiger partial charge in [0.15, 0.2) is 11.5 Å². The number of hydrogen-bond donors (Lipinski definition) is 1. The molecule has 5 nitrogen and oxygen atoms in total. The third-order valence-electron chi connectivity index (χ3n) is 1.79. The Bertz CT molecular complexity index is 559. The van der Waals surface area contributed by atoms with Gasteiger partial charge in [0.1, 0.15) is 0 Å². The lowest BCUT2D eigenvalue weighted by Gasteiger charge is -2.11. The van der Waals surface area contributed by atoms with Crippen molar-refractivity contribution in [3.05, 3.63) is 29.9 Å². The van der Waals surface area contributed by atoms with E-state index in [-0.39, 0.29) is 23.5 Å². The number of aromatic nitrogens is 2. The molecule has 0 aromatic carbocycles. The lowest BCUT2D eigenvalue weighted by atomic mass is 10.1. The van der Waals surface area contributed by atoms with E-state index in [4.69, 9.17) is 10.6 Å². The molecule has 1 aliphatic rings. The van der Waals surface area contributed by atoms with Gasteiger partial charge in [-0.1, -0.05) is 6.08 Å². The van der Waals surface area contributed by atoms with Gasteiger partial charge in [-0.25, -0.2) is 14.8 Å². The number of aromatic carboxylic acids is 1. The van der Waals surface area contributed by atoms with Gasteiger partial charge in [-0.3, -0.25) is 0 Å². The van der Waals surface area contributed by atoms with Gasteiger partial charge in [0, 0.05) is 6.20 Å². The minimum atomic E-state index is -2.29. The smallest absolute Gasteiger partial charge is 0.354 e. The molecule has 0 spiro atoms. The van der Waals surface area contributed by atoms with Crippen LogP contribution in [0.5, 0.6) is 0 Å². The molecule has 0 saturated carbocycles. The first kappa shape index (κ1) is 5.97. The molecular formula is C10H10N2O3. The molecule has 0 amide bonds. The molecule has 1 N–H and O–H groups in total. The highest BCUT2D eigenvalue weighted by Gasteiger charge is 2.11. The Hall–Kier alpha value is -1.75. The molecule has 78 valence electrons. The van der Waals surface area contributed by atoms with E-state index in [0.717, 1.165) is 6.08 Å². The Kier molecular flexibility index (Phi) is 1.67. The number of carboxylic acids is 1. The first-order chi connectivity index (χ1) is 8.69. The third kappa shape index (κ3) is 2.19. The maximum absolute atomic E-state index is 10.8. The first-order valence-corrected chi connectivity index (χ1v) is 4.17. The van der Waals surface area contributed by atoms with Gasteiger partial charge in [-0.2, -0.15) is 0 Å². The van der Waals surface area contributed by atoms with Gasteiger partial charge in [-0.15, -0.1) is 0 Å². The number of carboxylic acid groups (broad SMARTS) is 1. The van der Waals surface area contributed by atoms with Crippen molar-refractivity contribution in [1.29, 1.82) is 0 Å². The van der Waals surface area contributed by atoms with Crippen LogP contribution in [0.3, 0.4) is 0 Å². The topological polar surface area (TPSA) is 72.3 Å². The summed E-state index contributed by atoms with van der Waals surface area (Å²) in [6, 6.07) is 1.20. The lowest BCUT2D eigenvalue weighted by molar-refractivity contribution is 0.0690. The maximum atomic E-state index is 10.8. The van der Waals surface area contributed by atoms with E-state index in [0.29, 0.717) is 0 Å². The molecule has 0 unspecified atom stereocenters. The van der Waals surface area contributed by atoms with Crippen molar-refractivity contribution in [3.8, 4) is 0 Å². The second-order valence-corrected chi connectivity index (χ2v) is 2.78. The molecule has 2 rings (SSSR count). The molecule has 1 aliphatic heterocycles. The van der Waals surface area contributed by atoms with Crippen LogP contribution in [0.15, 0.2) is 18.3 Å². The second-order valence-electron chi connectivity index (χ2n) is 2.78. The Morgan fingerprint density at radius 3 is 3.27 bits per heavy atom. The Morgan fingerprint density at radius 1 is 1.67 bits per heavy atom. The van der Waals surface area contributed by atoms with Crippen molar-refractivity contribution in [2.24, 2.45) is 0 Å². The van der Waals surface area contributed by atoms with Gasteiger partial charge in [0.05, 0.1) is 18.6 Å². The fraction of sp³-hybridized carbons (Fsp3) is 0.300. The van der Waals surface area contributed by atoms with Crippen LogP contribution < -0.4 is 0 Å². The molecule has 15 heavy (non-hydrogen) atoms. The summed E-state index contributed by atoms with van der Waals surface area (Å²) in [6.07, 6.45) is 2.03. The highest BCUT2D eigenvalue weighted by Crippen LogP contribution is 2.17. The number of hydrogen-bond acceptors (Lipinski definition) is 4. The average molecular weight is 210 g/mol. The van der Waals surface area contributed by atoms with Crippen LogP contribution in [0.4, 0.5) is 0 Å². The van der Waals surface area contributed by atoms with Gasteiger partial charge in [-0.05, 0) is 18.1 Å². The Balaban J connectivity index is 2.43. The minimum Gasteiger partial charge on any atom is -0.477 e. The van der Waals surface area contributed by atoms with E-state index in [1.807, 2.05) is 0 Å². The van der Waals surface area contributed by atoms with Crippen LogP contribution in [0.1, 0.15) is 28.2 Å². The van der Waals surface area contributed by atoms with Crippen LogP contribution in [0.2, 0.25) is 0 Å². The SMILES string of the molecule is [2H]C1([2H])C=C(c2nccc(C(=O)O)n2)CC([2H])([2H])O1. The Labute approximate surface area is 92.1 Å². The highest BCUT2D eigenvalue weighted by atomic mass is 16.5. The third-order valence-corrected chi connectivity index (χ3v) is 1.79. The molecule has 5 heteroatoms. The summed E-state index contributed by atoms with van der Waals surface area (Å²) < 4.78 is 34.5. The summed E-state index contributed by atoms with van der Waals surface area (Å²) in [5.74, 6) is -1.25. The van der Waals surface area contributed by atoms with Crippen molar-refractivity contribution < 1.29 is 20.1 Å². The number of nitrogens with zero attached hydrogens (tertiary/aromatic N) is 2.